The molecule has 9 heteroatoms. The van der Waals surface area contributed by atoms with Crippen LogP contribution in [0.15, 0.2) is 23.3 Å². The van der Waals surface area contributed by atoms with Crippen LogP contribution in [0.5, 0.6) is 0 Å². The second kappa shape index (κ2) is 4.62. The number of rotatable bonds is 2. The van der Waals surface area contributed by atoms with Crippen molar-refractivity contribution in [3.8, 4) is 0 Å². The Morgan fingerprint density at radius 1 is 1.52 bits per heavy atom. The van der Waals surface area contributed by atoms with Crippen LogP contribution in [0, 0.1) is 6.92 Å². The number of hydrogen-bond donors (Lipinski definition) is 1. The lowest BCUT2D eigenvalue weighted by Crippen LogP contribution is -2.58. The molecule has 0 unspecified atom stereocenters. The quantitative estimate of drug-likeness (QED) is 0.897. The second-order valence-corrected chi connectivity index (χ2v) is 5.87. The molecule has 3 heterocycles. The molecule has 5 nitrogen and oxygen atoms in total. The van der Waals surface area contributed by atoms with Gasteiger partial charge in [0.2, 0.25) is 0 Å². The third kappa shape index (κ3) is 2.15. The van der Waals surface area contributed by atoms with E-state index >= 15 is 0 Å². The fraction of sp³-hybridized carbons (Fsp3) is 0.417. The van der Waals surface area contributed by atoms with Crippen molar-refractivity contribution in [1.29, 1.82) is 0 Å². The molecular formula is C12H12F3N4OS+. The van der Waals surface area contributed by atoms with E-state index in [0.29, 0.717) is 5.75 Å². The lowest BCUT2D eigenvalue weighted by Gasteiger charge is -2.24. The van der Waals surface area contributed by atoms with Crippen LogP contribution in [0.25, 0.3) is 0 Å². The normalized spacial score (nSPS) is 25.0. The van der Waals surface area contributed by atoms with Gasteiger partial charge in [0.1, 0.15) is 0 Å². The highest BCUT2D eigenvalue weighted by molar-refractivity contribution is 8.14. The maximum absolute atomic E-state index is 13.5. The molecule has 2 aliphatic heterocycles. The average molecular weight is 317 g/mol. The number of pyridine rings is 1. The van der Waals surface area contributed by atoms with Crippen molar-refractivity contribution in [2.75, 3.05) is 17.6 Å². The summed E-state index contributed by atoms with van der Waals surface area (Å²) in [5.41, 5.74) is -2.18. The molecule has 1 saturated heterocycles. The van der Waals surface area contributed by atoms with Crippen LogP contribution in [0.1, 0.15) is 5.56 Å². The van der Waals surface area contributed by atoms with Crippen molar-refractivity contribution in [2.45, 2.75) is 18.8 Å². The average Bonchev–Trinajstić information content (AvgIpc) is 2.92. The van der Waals surface area contributed by atoms with Gasteiger partial charge >= 0.3 is 17.7 Å². The molecule has 2 N–H and O–H groups in total. The minimum Gasteiger partial charge on any atom is -0.284 e. The Morgan fingerprint density at radius 3 is 2.90 bits per heavy atom. The van der Waals surface area contributed by atoms with Crippen molar-refractivity contribution < 1.29 is 22.9 Å². The Hall–Kier alpha value is -1.77. The molecule has 2 aliphatic rings. The molecule has 1 aromatic heterocycles. The van der Waals surface area contributed by atoms with Crippen LogP contribution in [0.4, 0.5) is 19.0 Å². The van der Waals surface area contributed by atoms with E-state index in [0.717, 1.165) is 22.2 Å². The first kappa shape index (κ1) is 14.2. The predicted octanol–water partition coefficient (Wildman–Crippen LogP) is 1.42. The summed E-state index contributed by atoms with van der Waals surface area (Å²) in [6.07, 6.45) is -3.33. The maximum atomic E-state index is 13.5. The molecule has 0 bridgehead atoms. The van der Waals surface area contributed by atoms with Crippen LogP contribution in [-0.4, -0.2) is 40.1 Å². The van der Waals surface area contributed by atoms with E-state index in [1.54, 1.807) is 13.0 Å². The highest BCUT2D eigenvalue weighted by Crippen LogP contribution is 2.42. The number of H-pyrrole nitrogens is 1. The molecule has 1 amide bonds. The number of aliphatic imine (C=N–C) groups is 1. The number of nitrogens with one attached hydrogen (secondary N) is 2. The molecular weight excluding hydrogens is 305 g/mol. The topological polar surface area (TPSA) is 58.8 Å². The van der Waals surface area contributed by atoms with Gasteiger partial charge < -0.3 is 0 Å². The van der Waals surface area contributed by atoms with Crippen LogP contribution in [0.2, 0.25) is 0 Å². The van der Waals surface area contributed by atoms with Crippen molar-refractivity contribution in [2.24, 2.45) is 4.99 Å². The van der Waals surface area contributed by atoms with Gasteiger partial charge in [-0.05, 0) is 18.6 Å². The first-order chi connectivity index (χ1) is 9.83. The lowest BCUT2D eigenvalue weighted by molar-refractivity contribution is -0.362. The largest absolute Gasteiger partial charge is 0.464 e. The summed E-state index contributed by atoms with van der Waals surface area (Å²) >= 11 is 1.15. The number of amidine groups is 1. The van der Waals surface area contributed by atoms with E-state index in [-0.39, 0.29) is 17.5 Å². The molecule has 0 spiro atoms. The Kier molecular flexibility index (Phi) is 3.12. The van der Waals surface area contributed by atoms with Crippen molar-refractivity contribution >= 4 is 28.7 Å². The molecule has 1 fully saturated rings. The Morgan fingerprint density at radius 2 is 2.29 bits per heavy atom. The number of aromatic nitrogens is 1. The molecule has 0 aromatic carbocycles. The first-order valence-corrected chi connectivity index (χ1v) is 7.20. The van der Waals surface area contributed by atoms with E-state index in [9.17, 15) is 18.0 Å². The summed E-state index contributed by atoms with van der Waals surface area (Å²) in [4.78, 5) is 19.7. The fourth-order valence-electron chi connectivity index (χ4n) is 2.25. The molecule has 0 aliphatic carbocycles. The van der Waals surface area contributed by atoms with Gasteiger partial charge in [-0.15, -0.1) is 0 Å². The van der Waals surface area contributed by atoms with Gasteiger partial charge in [-0.1, -0.05) is 11.8 Å². The number of anilines is 1. The summed E-state index contributed by atoms with van der Waals surface area (Å²) in [5.74, 6) is -0.421. The Labute approximate surface area is 122 Å². The van der Waals surface area contributed by atoms with E-state index in [1.165, 1.54) is 12.3 Å². The molecule has 1 atom stereocenters. The highest BCUT2D eigenvalue weighted by atomic mass is 32.2. The second-order valence-electron chi connectivity index (χ2n) is 4.81. The number of fused-ring (bicyclic) bond motifs is 1. The van der Waals surface area contributed by atoms with E-state index < -0.39 is 17.7 Å². The zero-order valence-electron chi connectivity index (χ0n) is 11.0. The number of carbonyl (C=O) groups is 1. The Bertz CT molecular complexity index is 633. The third-order valence-corrected chi connectivity index (χ3v) is 4.23. The van der Waals surface area contributed by atoms with Crippen LogP contribution in [-0.2, 0) is 4.79 Å². The number of hydrogen-bond acceptors (Lipinski definition) is 4. The van der Waals surface area contributed by atoms with Gasteiger partial charge in [0, 0.05) is 18.4 Å². The van der Waals surface area contributed by atoms with Gasteiger partial charge in [-0.3, -0.25) is 9.69 Å². The van der Waals surface area contributed by atoms with Crippen molar-refractivity contribution in [3.63, 3.8) is 0 Å². The summed E-state index contributed by atoms with van der Waals surface area (Å²) in [6.45, 7) is 2.00. The molecule has 112 valence electrons. The number of aromatic amines is 1. The van der Waals surface area contributed by atoms with Gasteiger partial charge in [0.05, 0.1) is 6.20 Å². The predicted molar refractivity (Wildman–Crippen MR) is 71.7 cm³/mol. The van der Waals surface area contributed by atoms with Crippen LogP contribution < -0.4 is 10.3 Å². The van der Waals surface area contributed by atoms with Gasteiger partial charge in [-0.2, -0.15) is 18.2 Å². The minimum atomic E-state index is -4.83. The number of thioether (sulfide) groups is 1. The third-order valence-electron chi connectivity index (χ3n) is 3.28. The smallest absolute Gasteiger partial charge is 0.284 e. The van der Waals surface area contributed by atoms with Crippen LogP contribution >= 0.6 is 11.8 Å². The SMILES string of the molecule is Cc1cc[nH+]c(N[C@@]2(C(F)(F)F)N=C3SCCN3C2=O)c1. The number of alkyl halides is 3. The van der Waals surface area contributed by atoms with Crippen molar-refractivity contribution in [3.05, 3.63) is 23.9 Å². The lowest BCUT2D eigenvalue weighted by atomic mass is 10.1. The zero-order chi connectivity index (χ0) is 15.3. The van der Waals surface area contributed by atoms with Crippen molar-refractivity contribution in [1.82, 2.24) is 4.90 Å². The number of nitrogens with zero attached hydrogens (tertiary/aromatic N) is 2. The molecule has 3 rings (SSSR count). The summed E-state index contributed by atoms with van der Waals surface area (Å²) in [5, 5.41) is 2.36. The number of carbonyl (C=O) groups excluding carboxylic acids is 1. The monoisotopic (exact) mass is 317 g/mol. The first-order valence-electron chi connectivity index (χ1n) is 6.21. The molecule has 0 saturated carbocycles. The molecule has 0 radical (unpaired) electrons. The maximum Gasteiger partial charge on any atom is 0.464 e. The molecule has 1 aromatic rings. The van der Waals surface area contributed by atoms with Gasteiger partial charge in [0.15, 0.2) is 5.17 Å². The minimum absolute atomic E-state index is 0.0937. The van der Waals surface area contributed by atoms with E-state index in [2.05, 4.69) is 15.3 Å². The summed E-state index contributed by atoms with van der Waals surface area (Å²) in [7, 11) is 0. The van der Waals surface area contributed by atoms with Crippen LogP contribution in [0.3, 0.4) is 0 Å². The molecule has 21 heavy (non-hydrogen) atoms. The summed E-state index contributed by atoms with van der Waals surface area (Å²) < 4.78 is 40.6. The Balaban J connectivity index is 2.04. The summed E-state index contributed by atoms with van der Waals surface area (Å²) in [6, 6.07) is 3.21. The number of aryl methyl sites for hydroxylation is 1. The van der Waals surface area contributed by atoms with E-state index in [4.69, 9.17) is 0 Å². The van der Waals surface area contributed by atoms with Gasteiger partial charge in [-0.25, -0.2) is 10.3 Å². The number of halogens is 3. The highest BCUT2D eigenvalue weighted by Gasteiger charge is 2.70. The number of amides is 1. The zero-order valence-corrected chi connectivity index (χ0v) is 11.8. The van der Waals surface area contributed by atoms with Gasteiger partial charge in [0.25, 0.3) is 5.82 Å². The standard InChI is InChI=1S/C12H11F3N4OS/c1-7-2-3-16-8(6-7)17-11(12(13,14)15)9(20)19-4-5-21-10(19)18-11/h2-3,6H,4-5H2,1H3,(H,16,17)/p+1/t11-/m1/s1. The fourth-order valence-corrected chi connectivity index (χ4v) is 3.24. The van der Waals surface area contributed by atoms with E-state index in [1.807, 2.05) is 0 Å².